The highest BCUT2D eigenvalue weighted by atomic mass is 79.9. The van der Waals surface area contributed by atoms with Gasteiger partial charge in [0, 0.05) is 0 Å². The van der Waals surface area contributed by atoms with Crippen LogP contribution in [0, 0.1) is 6.92 Å². The van der Waals surface area contributed by atoms with Crippen LogP contribution in [-0.2, 0) is 0 Å². The first-order valence-corrected chi connectivity index (χ1v) is 8.11. The van der Waals surface area contributed by atoms with Crippen LogP contribution in [0.1, 0.15) is 36.1 Å². The number of benzene rings is 2. The molecule has 2 rings (SSSR count). The van der Waals surface area contributed by atoms with Crippen LogP contribution in [0.5, 0.6) is 5.75 Å². The molecular formula is C18H22BrNO. The van der Waals surface area contributed by atoms with Gasteiger partial charge in [-0.1, -0.05) is 42.8 Å². The van der Waals surface area contributed by atoms with Crippen molar-refractivity contribution in [1.29, 1.82) is 0 Å². The molecule has 0 radical (unpaired) electrons. The second-order valence-corrected chi connectivity index (χ2v) is 6.03. The van der Waals surface area contributed by atoms with E-state index in [1.54, 1.807) is 0 Å². The number of aryl methyl sites for hydroxylation is 1. The molecule has 1 unspecified atom stereocenters. The maximum absolute atomic E-state index is 5.71. The first kappa shape index (κ1) is 16.1. The summed E-state index contributed by atoms with van der Waals surface area (Å²) in [4.78, 5) is 0. The molecule has 0 bridgehead atoms. The SMILES string of the molecule is CCCOc1ccc(C(NC)c2cccc(C)c2)cc1Br. The molecule has 112 valence electrons. The molecule has 2 nitrogen and oxygen atoms in total. The summed E-state index contributed by atoms with van der Waals surface area (Å²) in [6, 6.07) is 15.1. The molecule has 0 saturated carbocycles. The van der Waals surface area contributed by atoms with Gasteiger partial charge < -0.3 is 10.1 Å². The average molecular weight is 348 g/mol. The van der Waals surface area contributed by atoms with Crippen molar-refractivity contribution in [3.05, 3.63) is 63.6 Å². The van der Waals surface area contributed by atoms with E-state index in [-0.39, 0.29) is 6.04 Å². The van der Waals surface area contributed by atoms with E-state index in [9.17, 15) is 0 Å². The first-order valence-electron chi connectivity index (χ1n) is 7.31. The zero-order chi connectivity index (χ0) is 15.2. The van der Waals surface area contributed by atoms with Gasteiger partial charge in [0.05, 0.1) is 17.1 Å². The van der Waals surface area contributed by atoms with Gasteiger partial charge in [0.1, 0.15) is 5.75 Å². The Hall–Kier alpha value is -1.32. The third-order valence-electron chi connectivity index (χ3n) is 3.42. The standard InChI is InChI=1S/C18H22BrNO/c1-4-10-21-17-9-8-15(12-16(17)19)18(20-3)14-7-5-6-13(2)11-14/h5-9,11-12,18,20H,4,10H2,1-3H3. The predicted octanol–water partition coefficient (Wildman–Crippen LogP) is 4.86. The maximum atomic E-state index is 5.71. The molecular weight excluding hydrogens is 326 g/mol. The van der Waals surface area contributed by atoms with Crippen molar-refractivity contribution in [2.24, 2.45) is 0 Å². The van der Waals surface area contributed by atoms with Crippen LogP contribution in [-0.4, -0.2) is 13.7 Å². The molecule has 0 aromatic heterocycles. The number of hydrogen-bond donors (Lipinski definition) is 1. The number of nitrogens with one attached hydrogen (secondary N) is 1. The van der Waals surface area contributed by atoms with Gasteiger partial charge in [-0.25, -0.2) is 0 Å². The molecule has 2 aromatic carbocycles. The molecule has 1 atom stereocenters. The summed E-state index contributed by atoms with van der Waals surface area (Å²) in [6.45, 7) is 4.97. The van der Waals surface area contributed by atoms with Crippen molar-refractivity contribution in [1.82, 2.24) is 5.32 Å². The summed E-state index contributed by atoms with van der Waals surface area (Å²) < 4.78 is 6.71. The Kier molecular flexibility index (Phi) is 5.83. The molecule has 0 aliphatic heterocycles. The first-order chi connectivity index (χ1) is 10.2. The topological polar surface area (TPSA) is 21.3 Å². The van der Waals surface area contributed by atoms with Crippen LogP contribution in [0.4, 0.5) is 0 Å². The third-order valence-corrected chi connectivity index (χ3v) is 4.03. The van der Waals surface area contributed by atoms with Crippen molar-refractivity contribution in [3.8, 4) is 5.75 Å². The number of halogens is 1. The van der Waals surface area contributed by atoms with Gasteiger partial charge in [0.2, 0.25) is 0 Å². The Morgan fingerprint density at radius 3 is 2.52 bits per heavy atom. The fourth-order valence-electron chi connectivity index (χ4n) is 2.40. The van der Waals surface area contributed by atoms with Crippen LogP contribution in [0.25, 0.3) is 0 Å². The van der Waals surface area contributed by atoms with Crippen LogP contribution in [0.15, 0.2) is 46.9 Å². The van der Waals surface area contributed by atoms with Crippen molar-refractivity contribution in [2.45, 2.75) is 26.3 Å². The van der Waals surface area contributed by atoms with E-state index in [2.05, 4.69) is 71.5 Å². The second kappa shape index (κ2) is 7.62. The number of rotatable bonds is 6. The van der Waals surface area contributed by atoms with Crippen LogP contribution >= 0.6 is 15.9 Å². The molecule has 0 aliphatic carbocycles. The van der Waals surface area contributed by atoms with E-state index in [0.717, 1.165) is 23.2 Å². The Morgan fingerprint density at radius 1 is 1.14 bits per heavy atom. The lowest BCUT2D eigenvalue weighted by Gasteiger charge is -2.19. The second-order valence-electron chi connectivity index (χ2n) is 5.17. The zero-order valence-electron chi connectivity index (χ0n) is 12.8. The van der Waals surface area contributed by atoms with Crippen molar-refractivity contribution < 1.29 is 4.74 Å². The van der Waals surface area contributed by atoms with Gasteiger partial charge in [0.15, 0.2) is 0 Å². The molecule has 0 saturated heterocycles. The lowest BCUT2D eigenvalue weighted by atomic mass is 9.97. The highest BCUT2D eigenvalue weighted by molar-refractivity contribution is 9.10. The minimum atomic E-state index is 0.182. The Bertz CT molecular complexity index is 598. The number of hydrogen-bond acceptors (Lipinski definition) is 2. The monoisotopic (exact) mass is 347 g/mol. The van der Waals surface area contributed by atoms with Crippen molar-refractivity contribution in [3.63, 3.8) is 0 Å². The minimum absolute atomic E-state index is 0.182. The van der Waals surface area contributed by atoms with E-state index < -0.39 is 0 Å². The molecule has 0 heterocycles. The molecule has 2 aromatic rings. The van der Waals surface area contributed by atoms with Gasteiger partial charge in [-0.2, -0.15) is 0 Å². The molecule has 1 N–H and O–H groups in total. The van der Waals surface area contributed by atoms with Gasteiger partial charge >= 0.3 is 0 Å². The minimum Gasteiger partial charge on any atom is -0.492 e. The summed E-state index contributed by atoms with van der Waals surface area (Å²) in [7, 11) is 1.99. The molecule has 0 fully saturated rings. The van der Waals surface area contributed by atoms with E-state index in [4.69, 9.17) is 4.74 Å². The highest BCUT2D eigenvalue weighted by Gasteiger charge is 2.13. The summed E-state index contributed by atoms with van der Waals surface area (Å²) in [5.41, 5.74) is 3.76. The molecule has 21 heavy (non-hydrogen) atoms. The summed E-state index contributed by atoms with van der Waals surface area (Å²) >= 11 is 3.61. The van der Waals surface area contributed by atoms with Crippen LogP contribution in [0.2, 0.25) is 0 Å². The van der Waals surface area contributed by atoms with Gasteiger partial charge in [-0.05, 0) is 59.6 Å². The molecule has 0 aliphatic rings. The van der Waals surface area contributed by atoms with Crippen molar-refractivity contribution in [2.75, 3.05) is 13.7 Å². The van der Waals surface area contributed by atoms with E-state index >= 15 is 0 Å². The fourth-order valence-corrected chi connectivity index (χ4v) is 2.91. The van der Waals surface area contributed by atoms with E-state index in [1.165, 1.54) is 16.7 Å². The van der Waals surface area contributed by atoms with Crippen molar-refractivity contribution >= 4 is 15.9 Å². The maximum Gasteiger partial charge on any atom is 0.133 e. The third kappa shape index (κ3) is 4.08. The lowest BCUT2D eigenvalue weighted by Crippen LogP contribution is -2.17. The predicted molar refractivity (Wildman–Crippen MR) is 92.0 cm³/mol. The average Bonchev–Trinajstić information content (AvgIpc) is 2.47. The Morgan fingerprint density at radius 2 is 1.90 bits per heavy atom. The van der Waals surface area contributed by atoms with E-state index in [1.807, 2.05) is 13.1 Å². The normalized spacial score (nSPS) is 12.2. The summed E-state index contributed by atoms with van der Waals surface area (Å²) in [5.74, 6) is 0.902. The molecule has 0 amide bonds. The molecule has 0 spiro atoms. The number of ether oxygens (including phenoxy) is 1. The quantitative estimate of drug-likeness (QED) is 0.805. The smallest absolute Gasteiger partial charge is 0.133 e. The molecule has 3 heteroatoms. The Balaban J connectivity index is 2.28. The van der Waals surface area contributed by atoms with Gasteiger partial charge in [-0.15, -0.1) is 0 Å². The highest BCUT2D eigenvalue weighted by Crippen LogP contribution is 2.31. The van der Waals surface area contributed by atoms with Crippen LogP contribution < -0.4 is 10.1 Å². The lowest BCUT2D eigenvalue weighted by molar-refractivity contribution is 0.315. The van der Waals surface area contributed by atoms with Crippen LogP contribution in [0.3, 0.4) is 0 Å². The van der Waals surface area contributed by atoms with Gasteiger partial charge in [-0.3, -0.25) is 0 Å². The summed E-state index contributed by atoms with van der Waals surface area (Å²) in [6.07, 6.45) is 1.01. The van der Waals surface area contributed by atoms with E-state index in [0.29, 0.717) is 0 Å². The zero-order valence-corrected chi connectivity index (χ0v) is 14.4. The fraction of sp³-hybridized carbons (Fsp3) is 0.333. The summed E-state index contributed by atoms with van der Waals surface area (Å²) in [5, 5.41) is 3.39. The Labute approximate surface area is 135 Å². The largest absolute Gasteiger partial charge is 0.492 e. The van der Waals surface area contributed by atoms with Gasteiger partial charge in [0.25, 0.3) is 0 Å².